The Bertz CT molecular complexity index is 611. The van der Waals surface area contributed by atoms with Gasteiger partial charge in [0, 0.05) is 11.3 Å². The van der Waals surface area contributed by atoms with E-state index in [1.807, 2.05) is 43.3 Å². The van der Waals surface area contributed by atoms with E-state index in [0.717, 1.165) is 12.1 Å². The highest BCUT2D eigenvalue weighted by Gasteiger charge is 2.20. The standard InChI is InChI=1S/C18H20N2O2/c1-2-9-16(18(22)19-15-12-7-4-8-13-15)20-17(21)14-10-5-3-6-11-14/h3-8,10-13,16H,2,9H2,1H3,(H,19,22)(H,20,21)/t16-/m0/s1. The van der Waals surface area contributed by atoms with Gasteiger partial charge in [-0.2, -0.15) is 0 Å². The fraction of sp³-hybridized carbons (Fsp3) is 0.222. The summed E-state index contributed by atoms with van der Waals surface area (Å²) < 4.78 is 0. The molecule has 4 nitrogen and oxygen atoms in total. The fourth-order valence-corrected chi connectivity index (χ4v) is 2.14. The molecule has 4 heteroatoms. The summed E-state index contributed by atoms with van der Waals surface area (Å²) >= 11 is 0. The third-order valence-electron chi connectivity index (χ3n) is 3.28. The minimum absolute atomic E-state index is 0.197. The van der Waals surface area contributed by atoms with Crippen molar-refractivity contribution >= 4 is 17.5 Å². The zero-order valence-corrected chi connectivity index (χ0v) is 12.6. The highest BCUT2D eigenvalue weighted by Crippen LogP contribution is 2.08. The first-order valence-corrected chi connectivity index (χ1v) is 7.42. The predicted octanol–water partition coefficient (Wildman–Crippen LogP) is 3.22. The van der Waals surface area contributed by atoms with Gasteiger partial charge in [-0.15, -0.1) is 0 Å². The molecule has 0 radical (unpaired) electrons. The second-order valence-electron chi connectivity index (χ2n) is 5.04. The summed E-state index contributed by atoms with van der Waals surface area (Å²) in [6.45, 7) is 1.98. The van der Waals surface area contributed by atoms with Crippen LogP contribution in [-0.2, 0) is 4.79 Å². The lowest BCUT2D eigenvalue weighted by Crippen LogP contribution is -2.43. The van der Waals surface area contributed by atoms with Crippen molar-refractivity contribution in [3.8, 4) is 0 Å². The van der Waals surface area contributed by atoms with Crippen LogP contribution in [0.2, 0.25) is 0 Å². The number of amides is 2. The van der Waals surface area contributed by atoms with E-state index < -0.39 is 6.04 Å². The zero-order chi connectivity index (χ0) is 15.8. The molecule has 0 aliphatic heterocycles. The summed E-state index contributed by atoms with van der Waals surface area (Å²) in [5, 5.41) is 5.63. The predicted molar refractivity (Wildman–Crippen MR) is 87.7 cm³/mol. The van der Waals surface area contributed by atoms with Gasteiger partial charge in [0.25, 0.3) is 5.91 Å². The molecule has 2 rings (SSSR count). The lowest BCUT2D eigenvalue weighted by molar-refractivity contribution is -0.118. The van der Waals surface area contributed by atoms with Gasteiger partial charge >= 0.3 is 0 Å². The minimum Gasteiger partial charge on any atom is -0.340 e. The first kappa shape index (κ1) is 15.8. The zero-order valence-electron chi connectivity index (χ0n) is 12.6. The Morgan fingerprint density at radius 2 is 1.55 bits per heavy atom. The van der Waals surface area contributed by atoms with Gasteiger partial charge in [-0.3, -0.25) is 9.59 Å². The van der Waals surface area contributed by atoms with Crippen LogP contribution in [0.3, 0.4) is 0 Å². The third kappa shape index (κ3) is 4.45. The number of rotatable bonds is 6. The molecule has 1 atom stereocenters. The fourth-order valence-electron chi connectivity index (χ4n) is 2.14. The van der Waals surface area contributed by atoms with Crippen molar-refractivity contribution in [2.75, 3.05) is 5.32 Å². The van der Waals surface area contributed by atoms with Crippen molar-refractivity contribution in [3.63, 3.8) is 0 Å². The number of hydrogen-bond donors (Lipinski definition) is 2. The molecule has 2 amide bonds. The van der Waals surface area contributed by atoms with Crippen molar-refractivity contribution in [1.82, 2.24) is 5.32 Å². The maximum atomic E-state index is 12.3. The van der Waals surface area contributed by atoms with Gasteiger partial charge in [0.15, 0.2) is 0 Å². The first-order valence-electron chi connectivity index (χ1n) is 7.42. The molecule has 0 aromatic heterocycles. The SMILES string of the molecule is CCC[C@H](NC(=O)c1ccccc1)C(=O)Nc1ccccc1. The average Bonchev–Trinajstić information content (AvgIpc) is 2.56. The molecule has 0 aliphatic carbocycles. The largest absolute Gasteiger partial charge is 0.340 e. The van der Waals surface area contributed by atoms with Crippen LogP contribution in [0.15, 0.2) is 60.7 Å². The summed E-state index contributed by atoms with van der Waals surface area (Å²) in [4.78, 5) is 24.5. The van der Waals surface area contributed by atoms with Gasteiger partial charge in [0.2, 0.25) is 5.91 Å². The van der Waals surface area contributed by atoms with Crippen LogP contribution in [0, 0.1) is 0 Å². The Kier molecular flexibility index (Phi) is 5.72. The number of carbonyl (C=O) groups excluding carboxylic acids is 2. The number of para-hydroxylation sites is 1. The molecule has 22 heavy (non-hydrogen) atoms. The number of nitrogens with one attached hydrogen (secondary N) is 2. The summed E-state index contributed by atoms with van der Waals surface area (Å²) in [6, 6.07) is 17.6. The lowest BCUT2D eigenvalue weighted by atomic mass is 10.1. The molecular formula is C18H20N2O2. The van der Waals surface area contributed by atoms with E-state index >= 15 is 0 Å². The molecular weight excluding hydrogens is 276 g/mol. The van der Waals surface area contributed by atoms with E-state index in [-0.39, 0.29) is 11.8 Å². The van der Waals surface area contributed by atoms with Gasteiger partial charge in [0.1, 0.15) is 6.04 Å². The molecule has 114 valence electrons. The molecule has 0 bridgehead atoms. The maximum Gasteiger partial charge on any atom is 0.251 e. The smallest absolute Gasteiger partial charge is 0.251 e. The third-order valence-corrected chi connectivity index (χ3v) is 3.28. The Hall–Kier alpha value is -2.62. The molecule has 0 saturated carbocycles. The monoisotopic (exact) mass is 296 g/mol. The molecule has 0 fully saturated rings. The topological polar surface area (TPSA) is 58.2 Å². The van der Waals surface area contributed by atoms with Crippen LogP contribution in [0.1, 0.15) is 30.1 Å². The van der Waals surface area contributed by atoms with Crippen molar-refractivity contribution in [2.24, 2.45) is 0 Å². The molecule has 0 heterocycles. The molecule has 0 spiro atoms. The van der Waals surface area contributed by atoms with Gasteiger partial charge in [-0.1, -0.05) is 49.7 Å². The highest BCUT2D eigenvalue weighted by atomic mass is 16.2. The van der Waals surface area contributed by atoms with Crippen LogP contribution in [0.5, 0.6) is 0 Å². The van der Waals surface area contributed by atoms with Gasteiger partial charge in [0.05, 0.1) is 0 Å². The minimum atomic E-state index is -0.544. The van der Waals surface area contributed by atoms with Crippen LogP contribution < -0.4 is 10.6 Å². The normalized spacial score (nSPS) is 11.5. The number of carbonyl (C=O) groups is 2. The van der Waals surface area contributed by atoms with Crippen molar-refractivity contribution in [3.05, 3.63) is 66.2 Å². The highest BCUT2D eigenvalue weighted by molar-refractivity contribution is 6.01. The van der Waals surface area contributed by atoms with Gasteiger partial charge in [-0.25, -0.2) is 0 Å². The van der Waals surface area contributed by atoms with Gasteiger partial charge in [-0.05, 0) is 30.7 Å². The average molecular weight is 296 g/mol. The maximum absolute atomic E-state index is 12.3. The molecule has 2 aromatic rings. The number of anilines is 1. The number of benzene rings is 2. The molecule has 0 saturated heterocycles. The molecule has 0 unspecified atom stereocenters. The van der Waals surface area contributed by atoms with Crippen molar-refractivity contribution in [1.29, 1.82) is 0 Å². The van der Waals surface area contributed by atoms with Crippen LogP contribution in [-0.4, -0.2) is 17.9 Å². The summed E-state index contributed by atoms with van der Waals surface area (Å²) in [7, 11) is 0. The number of hydrogen-bond acceptors (Lipinski definition) is 2. The second kappa shape index (κ2) is 7.98. The van der Waals surface area contributed by atoms with Crippen LogP contribution >= 0.6 is 0 Å². The quantitative estimate of drug-likeness (QED) is 0.860. The van der Waals surface area contributed by atoms with E-state index in [1.54, 1.807) is 24.3 Å². The first-order chi connectivity index (χ1) is 10.7. The van der Waals surface area contributed by atoms with Gasteiger partial charge < -0.3 is 10.6 Å². The van der Waals surface area contributed by atoms with Crippen molar-refractivity contribution in [2.45, 2.75) is 25.8 Å². The molecule has 2 aromatic carbocycles. The Labute approximate surface area is 130 Å². The molecule has 2 N–H and O–H groups in total. The van der Waals surface area contributed by atoms with Crippen LogP contribution in [0.4, 0.5) is 5.69 Å². The Morgan fingerprint density at radius 1 is 0.955 bits per heavy atom. The van der Waals surface area contributed by atoms with E-state index in [1.165, 1.54) is 0 Å². The van der Waals surface area contributed by atoms with E-state index in [2.05, 4.69) is 10.6 Å². The van der Waals surface area contributed by atoms with E-state index in [9.17, 15) is 9.59 Å². The summed E-state index contributed by atoms with van der Waals surface area (Å²) in [5.41, 5.74) is 1.28. The summed E-state index contributed by atoms with van der Waals surface area (Å²) in [6.07, 6.45) is 1.40. The Morgan fingerprint density at radius 3 is 2.14 bits per heavy atom. The second-order valence-corrected chi connectivity index (χ2v) is 5.04. The Balaban J connectivity index is 2.03. The molecule has 0 aliphatic rings. The van der Waals surface area contributed by atoms with Crippen molar-refractivity contribution < 1.29 is 9.59 Å². The van der Waals surface area contributed by atoms with Crippen LogP contribution in [0.25, 0.3) is 0 Å². The van der Waals surface area contributed by atoms with E-state index in [0.29, 0.717) is 12.0 Å². The lowest BCUT2D eigenvalue weighted by Gasteiger charge is -2.18. The van der Waals surface area contributed by atoms with E-state index in [4.69, 9.17) is 0 Å². The summed E-state index contributed by atoms with van der Waals surface area (Å²) in [5.74, 6) is -0.431.